The Labute approximate surface area is 117 Å². The zero-order valence-corrected chi connectivity index (χ0v) is 12.7. The van der Waals surface area contributed by atoms with E-state index >= 15 is 0 Å². The standard InChI is InChI=1S/C14H21BrN2O/c1-3-17-9-12(15)7-13(17)14(18)16-8-11-6-4-5-10(11)2/h7,9-11H,3-6,8H2,1-2H3,(H,16,18). The number of rotatable bonds is 4. The molecule has 1 aliphatic rings. The molecule has 1 saturated carbocycles. The van der Waals surface area contributed by atoms with Gasteiger partial charge in [-0.1, -0.05) is 19.8 Å². The van der Waals surface area contributed by atoms with Crippen LogP contribution in [-0.4, -0.2) is 17.0 Å². The van der Waals surface area contributed by atoms with Crippen LogP contribution in [0.15, 0.2) is 16.7 Å². The van der Waals surface area contributed by atoms with Gasteiger partial charge in [-0.3, -0.25) is 4.79 Å². The third-order valence-electron chi connectivity index (χ3n) is 4.00. The molecule has 0 bridgehead atoms. The number of hydrogen-bond donors (Lipinski definition) is 1. The maximum absolute atomic E-state index is 12.1. The highest BCUT2D eigenvalue weighted by atomic mass is 79.9. The number of carbonyl (C=O) groups excluding carboxylic acids is 1. The maximum Gasteiger partial charge on any atom is 0.267 e. The van der Waals surface area contributed by atoms with E-state index in [2.05, 4.69) is 28.2 Å². The van der Waals surface area contributed by atoms with E-state index in [4.69, 9.17) is 0 Å². The second-order valence-corrected chi connectivity index (χ2v) is 6.12. The van der Waals surface area contributed by atoms with Gasteiger partial charge in [-0.2, -0.15) is 0 Å². The minimum Gasteiger partial charge on any atom is -0.350 e. The molecule has 2 atom stereocenters. The summed E-state index contributed by atoms with van der Waals surface area (Å²) in [6.07, 6.45) is 5.81. The Hall–Kier alpha value is -0.770. The zero-order chi connectivity index (χ0) is 13.1. The molecule has 1 aromatic heterocycles. The second-order valence-electron chi connectivity index (χ2n) is 5.21. The molecular weight excluding hydrogens is 292 g/mol. The molecule has 0 aliphatic heterocycles. The molecule has 1 amide bonds. The number of halogens is 1. The fourth-order valence-corrected chi connectivity index (χ4v) is 3.23. The second kappa shape index (κ2) is 5.91. The van der Waals surface area contributed by atoms with Crippen molar-refractivity contribution in [3.63, 3.8) is 0 Å². The van der Waals surface area contributed by atoms with Crippen LogP contribution in [0.2, 0.25) is 0 Å². The first-order valence-corrected chi connectivity index (χ1v) is 7.55. The number of aromatic nitrogens is 1. The molecule has 0 saturated heterocycles. The van der Waals surface area contributed by atoms with Gasteiger partial charge in [0, 0.05) is 23.8 Å². The van der Waals surface area contributed by atoms with Gasteiger partial charge in [-0.15, -0.1) is 0 Å². The van der Waals surface area contributed by atoms with Crippen LogP contribution in [0.5, 0.6) is 0 Å². The van der Waals surface area contributed by atoms with Gasteiger partial charge in [0.05, 0.1) is 0 Å². The van der Waals surface area contributed by atoms with Crippen LogP contribution in [0.3, 0.4) is 0 Å². The van der Waals surface area contributed by atoms with Crippen LogP contribution >= 0.6 is 15.9 Å². The molecule has 1 heterocycles. The lowest BCUT2D eigenvalue weighted by Gasteiger charge is -2.16. The highest BCUT2D eigenvalue weighted by Gasteiger charge is 2.24. The van der Waals surface area contributed by atoms with Gasteiger partial charge in [0.2, 0.25) is 0 Å². The predicted molar refractivity (Wildman–Crippen MR) is 76.6 cm³/mol. The molecule has 1 aromatic rings. The number of amides is 1. The molecule has 18 heavy (non-hydrogen) atoms. The molecule has 100 valence electrons. The monoisotopic (exact) mass is 312 g/mol. The Balaban J connectivity index is 1.94. The molecule has 0 radical (unpaired) electrons. The van der Waals surface area contributed by atoms with Crippen LogP contribution in [0.25, 0.3) is 0 Å². The summed E-state index contributed by atoms with van der Waals surface area (Å²) in [5, 5.41) is 3.08. The third kappa shape index (κ3) is 2.97. The summed E-state index contributed by atoms with van der Waals surface area (Å²) in [5.41, 5.74) is 0.745. The van der Waals surface area contributed by atoms with E-state index in [-0.39, 0.29) is 5.91 Å². The molecule has 0 aromatic carbocycles. The zero-order valence-electron chi connectivity index (χ0n) is 11.1. The maximum atomic E-state index is 12.1. The molecule has 3 nitrogen and oxygen atoms in total. The quantitative estimate of drug-likeness (QED) is 0.908. The summed E-state index contributed by atoms with van der Waals surface area (Å²) >= 11 is 3.42. The third-order valence-corrected chi connectivity index (χ3v) is 4.43. The van der Waals surface area contributed by atoms with E-state index < -0.39 is 0 Å². The first kappa shape index (κ1) is 13.7. The number of nitrogens with zero attached hydrogens (tertiary/aromatic N) is 1. The first-order valence-electron chi connectivity index (χ1n) is 6.75. The van der Waals surface area contributed by atoms with Gasteiger partial charge < -0.3 is 9.88 Å². The summed E-state index contributed by atoms with van der Waals surface area (Å²) in [7, 11) is 0. The molecule has 4 heteroatoms. The first-order chi connectivity index (χ1) is 8.61. The smallest absolute Gasteiger partial charge is 0.267 e. The Morgan fingerprint density at radius 1 is 1.56 bits per heavy atom. The number of nitrogens with one attached hydrogen (secondary N) is 1. The van der Waals surface area contributed by atoms with Crippen molar-refractivity contribution in [1.82, 2.24) is 9.88 Å². The SMILES string of the molecule is CCn1cc(Br)cc1C(=O)NCC1CCCC1C. The molecule has 1 fully saturated rings. The highest BCUT2D eigenvalue weighted by molar-refractivity contribution is 9.10. The van der Waals surface area contributed by atoms with Gasteiger partial charge in [0.15, 0.2) is 0 Å². The number of aryl methyl sites for hydroxylation is 1. The van der Waals surface area contributed by atoms with Crippen molar-refractivity contribution in [1.29, 1.82) is 0 Å². The van der Waals surface area contributed by atoms with Crippen molar-refractivity contribution in [3.05, 3.63) is 22.4 Å². The summed E-state index contributed by atoms with van der Waals surface area (Å²) in [6.45, 7) is 5.96. The number of carbonyl (C=O) groups is 1. The summed E-state index contributed by atoms with van der Waals surface area (Å²) in [4.78, 5) is 12.1. The van der Waals surface area contributed by atoms with Crippen molar-refractivity contribution in [2.24, 2.45) is 11.8 Å². The minimum absolute atomic E-state index is 0.0432. The normalized spacial score (nSPS) is 23.3. The largest absolute Gasteiger partial charge is 0.350 e. The van der Waals surface area contributed by atoms with Gasteiger partial charge in [-0.05, 0) is 47.2 Å². The van der Waals surface area contributed by atoms with E-state index in [0.717, 1.165) is 29.2 Å². The van der Waals surface area contributed by atoms with Gasteiger partial charge in [0.25, 0.3) is 5.91 Å². The lowest BCUT2D eigenvalue weighted by molar-refractivity contribution is 0.0935. The average molecular weight is 313 g/mol. The molecule has 1 N–H and O–H groups in total. The van der Waals surface area contributed by atoms with Gasteiger partial charge in [-0.25, -0.2) is 0 Å². The van der Waals surface area contributed by atoms with Crippen molar-refractivity contribution < 1.29 is 4.79 Å². The van der Waals surface area contributed by atoms with E-state index in [0.29, 0.717) is 5.92 Å². The molecule has 0 spiro atoms. The molecule has 2 rings (SSSR count). The fraction of sp³-hybridized carbons (Fsp3) is 0.643. The van der Waals surface area contributed by atoms with Gasteiger partial charge in [0.1, 0.15) is 5.69 Å². The van der Waals surface area contributed by atoms with Crippen LogP contribution in [-0.2, 0) is 6.54 Å². The Morgan fingerprint density at radius 2 is 2.33 bits per heavy atom. The summed E-state index contributed by atoms with van der Waals surface area (Å²) in [5.74, 6) is 1.44. The van der Waals surface area contributed by atoms with Crippen molar-refractivity contribution in [2.45, 2.75) is 39.7 Å². The minimum atomic E-state index is 0.0432. The highest BCUT2D eigenvalue weighted by Crippen LogP contribution is 2.30. The molecule has 2 unspecified atom stereocenters. The molecule has 1 aliphatic carbocycles. The Kier molecular flexibility index (Phi) is 4.49. The number of hydrogen-bond acceptors (Lipinski definition) is 1. The van der Waals surface area contributed by atoms with E-state index in [1.807, 2.05) is 23.8 Å². The Bertz CT molecular complexity index is 427. The van der Waals surface area contributed by atoms with Crippen molar-refractivity contribution in [3.8, 4) is 0 Å². The summed E-state index contributed by atoms with van der Waals surface area (Å²) < 4.78 is 2.93. The topological polar surface area (TPSA) is 34.0 Å². The van der Waals surface area contributed by atoms with Crippen LogP contribution in [0.1, 0.15) is 43.6 Å². The van der Waals surface area contributed by atoms with Crippen LogP contribution < -0.4 is 5.32 Å². The van der Waals surface area contributed by atoms with E-state index in [9.17, 15) is 4.79 Å². The van der Waals surface area contributed by atoms with Gasteiger partial charge >= 0.3 is 0 Å². The van der Waals surface area contributed by atoms with E-state index in [1.54, 1.807) is 0 Å². The lowest BCUT2D eigenvalue weighted by Crippen LogP contribution is -2.31. The van der Waals surface area contributed by atoms with Crippen LogP contribution in [0, 0.1) is 11.8 Å². The predicted octanol–water partition coefficient (Wildman–Crippen LogP) is 3.44. The summed E-state index contributed by atoms with van der Waals surface area (Å²) in [6, 6.07) is 1.89. The van der Waals surface area contributed by atoms with Crippen LogP contribution in [0.4, 0.5) is 0 Å². The Morgan fingerprint density at radius 3 is 2.94 bits per heavy atom. The van der Waals surface area contributed by atoms with Crippen molar-refractivity contribution >= 4 is 21.8 Å². The lowest BCUT2D eigenvalue weighted by atomic mass is 9.98. The fourth-order valence-electron chi connectivity index (χ4n) is 2.77. The van der Waals surface area contributed by atoms with E-state index in [1.165, 1.54) is 19.3 Å². The molecular formula is C14H21BrN2O. The average Bonchev–Trinajstić information content (AvgIpc) is 2.92. The van der Waals surface area contributed by atoms with Crippen molar-refractivity contribution in [2.75, 3.05) is 6.54 Å².